The van der Waals surface area contributed by atoms with E-state index in [9.17, 15) is 0 Å². The zero-order valence-corrected chi connectivity index (χ0v) is 13.9. The van der Waals surface area contributed by atoms with Gasteiger partial charge in [0.05, 0.1) is 10.7 Å². The van der Waals surface area contributed by atoms with E-state index in [1.54, 1.807) is 0 Å². The largest absolute Gasteiger partial charge is 0.368 e. The van der Waals surface area contributed by atoms with Gasteiger partial charge >= 0.3 is 0 Å². The van der Waals surface area contributed by atoms with E-state index in [-0.39, 0.29) is 0 Å². The fourth-order valence-electron chi connectivity index (χ4n) is 3.12. The topological polar surface area (TPSA) is 32.5 Å². The molecule has 1 saturated heterocycles. The van der Waals surface area contributed by atoms with E-state index in [1.165, 1.54) is 25.7 Å². The number of halogens is 1. The Morgan fingerprint density at radius 3 is 2.48 bits per heavy atom. The summed E-state index contributed by atoms with van der Waals surface area (Å²) in [5.74, 6) is 0. The number of benzene rings is 1. The SMILES string of the molecule is CCCCCC(CN)N1CCN(c2ccccc2Cl)CC1. The summed E-state index contributed by atoms with van der Waals surface area (Å²) in [5.41, 5.74) is 7.14. The molecule has 1 heterocycles. The number of rotatable bonds is 7. The van der Waals surface area contributed by atoms with Crippen LogP contribution in [0.1, 0.15) is 32.6 Å². The molecule has 0 bridgehead atoms. The van der Waals surface area contributed by atoms with Crippen molar-refractivity contribution in [1.82, 2.24) is 4.90 Å². The maximum atomic E-state index is 6.29. The highest BCUT2D eigenvalue weighted by Gasteiger charge is 2.23. The minimum Gasteiger partial charge on any atom is -0.368 e. The third kappa shape index (κ3) is 4.60. The molecule has 0 radical (unpaired) electrons. The molecule has 0 amide bonds. The molecule has 0 spiro atoms. The average molecular weight is 310 g/mol. The normalized spacial score (nSPS) is 18.0. The van der Waals surface area contributed by atoms with Crippen LogP contribution in [0, 0.1) is 0 Å². The molecule has 2 N–H and O–H groups in total. The molecule has 3 nitrogen and oxygen atoms in total. The lowest BCUT2D eigenvalue weighted by molar-refractivity contribution is 0.177. The Bertz CT molecular complexity index is 416. The quantitative estimate of drug-likeness (QED) is 0.784. The Hall–Kier alpha value is -0.770. The van der Waals surface area contributed by atoms with Crippen LogP contribution in [0.2, 0.25) is 5.02 Å². The summed E-state index contributed by atoms with van der Waals surface area (Å²) >= 11 is 6.29. The molecule has 0 saturated carbocycles. The fraction of sp³-hybridized carbons (Fsp3) is 0.647. The van der Waals surface area contributed by atoms with Crippen molar-refractivity contribution in [2.24, 2.45) is 5.73 Å². The number of para-hydroxylation sites is 1. The predicted octanol–water partition coefficient (Wildman–Crippen LogP) is 3.37. The smallest absolute Gasteiger partial charge is 0.0639 e. The van der Waals surface area contributed by atoms with Crippen molar-refractivity contribution in [3.05, 3.63) is 29.3 Å². The molecule has 0 aliphatic carbocycles. The second kappa shape index (κ2) is 8.62. The first-order valence-electron chi connectivity index (χ1n) is 8.19. The zero-order chi connectivity index (χ0) is 15.1. The highest BCUT2D eigenvalue weighted by molar-refractivity contribution is 6.33. The van der Waals surface area contributed by atoms with Gasteiger partial charge < -0.3 is 10.6 Å². The van der Waals surface area contributed by atoms with Gasteiger partial charge in [-0.15, -0.1) is 0 Å². The van der Waals surface area contributed by atoms with Crippen LogP contribution in [0.15, 0.2) is 24.3 Å². The first kappa shape index (κ1) is 16.6. The number of nitrogens with two attached hydrogens (primary N) is 1. The monoisotopic (exact) mass is 309 g/mol. The minimum atomic E-state index is 0.546. The van der Waals surface area contributed by atoms with Gasteiger partial charge in [-0.25, -0.2) is 0 Å². The van der Waals surface area contributed by atoms with Gasteiger partial charge in [0, 0.05) is 38.8 Å². The predicted molar refractivity (Wildman–Crippen MR) is 92.2 cm³/mol. The van der Waals surface area contributed by atoms with E-state index in [1.807, 2.05) is 12.1 Å². The number of hydrogen-bond donors (Lipinski definition) is 1. The van der Waals surface area contributed by atoms with E-state index in [4.69, 9.17) is 17.3 Å². The number of anilines is 1. The average Bonchev–Trinajstić information content (AvgIpc) is 2.53. The number of piperazine rings is 1. The summed E-state index contributed by atoms with van der Waals surface area (Å²) in [6.45, 7) is 7.26. The Balaban J connectivity index is 1.86. The van der Waals surface area contributed by atoms with Gasteiger partial charge in [-0.1, -0.05) is 49.9 Å². The van der Waals surface area contributed by atoms with E-state index < -0.39 is 0 Å². The molecule has 1 unspecified atom stereocenters. The molecule has 1 aromatic carbocycles. The third-order valence-electron chi connectivity index (χ3n) is 4.44. The zero-order valence-electron chi connectivity index (χ0n) is 13.1. The van der Waals surface area contributed by atoms with Crippen LogP contribution in [0.5, 0.6) is 0 Å². The molecule has 1 aromatic rings. The summed E-state index contributed by atoms with van der Waals surface area (Å²) in [7, 11) is 0. The molecule has 1 aliphatic rings. The van der Waals surface area contributed by atoms with Crippen molar-refractivity contribution in [3.63, 3.8) is 0 Å². The summed E-state index contributed by atoms with van der Waals surface area (Å²) < 4.78 is 0. The molecule has 1 fully saturated rings. The second-order valence-electron chi connectivity index (χ2n) is 5.86. The molecular formula is C17H28ClN3. The number of hydrogen-bond acceptors (Lipinski definition) is 3. The van der Waals surface area contributed by atoms with Crippen LogP contribution >= 0.6 is 11.6 Å². The van der Waals surface area contributed by atoms with Crippen LogP contribution in [-0.4, -0.2) is 43.7 Å². The van der Waals surface area contributed by atoms with Crippen molar-refractivity contribution in [2.45, 2.75) is 38.6 Å². The summed E-state index contributed by atoms with van der Waals surface area (Å²) in [4.78, 5) is 4.95. The molecule has 118 valence electrons. The van der Waals surface area contributed by atoms with Crippen LogP contribution in [0.3, 0.4) is 0 Å². The van der Waals surface area contributed by atoms with E-state index in [0.29, 0.717) is 6.04 Å². The first-order valence-corrected chi connectivity index (χ1v) is 8.57. The molecule has 4 heteroatoms. The third-order valence-corrected chi connectivity index (χ3v) is 4.76. The summed E-state index contributed by atoms with van der Waals surface area (Å²) in [5, 5.41) is 0.851. The Kier molecular flexibility index (Phi) is 6.81. The van der Waals surface area contributed by atoms with Gasteiger partial charge in [0.2, 0.25) is 0 Å². The van der Waals surface area contributed by atoms with Gasteiger partial charge in [0.25, 0.3) is 0 Å². The van der Waals surface area contributed by atoms with Crippen molar-refractivity contribution in [3.8, 4) is 0 Å². The number of nitrogens with zero attached hydrogens (tertiary/aromatic N) is 2. The standard InChI is InChI=1S/C17H28ClN3/c1-2-3-4-7-15(14-19)20-10-12-21(13-11-20)17-9-6-5-8-16(17)18/h5-6,8-9,15H,2-4,7,10-14,19H2,1H3. The Labute approximate surface area is 134 Å². The summed E-state index contributed by atoms with van der Waals surface area (Å²) in [6, 6.07) is 8.67. The molecule has 2 rings (SSSR count). The lowest BCUT2D eigenvalue weighted by atomic mass is 10.1. The Morgan fingerprint density at radius 1 is 1.14 bits per heavy atom. The van der Waals surface area contributed by atoms with Gasteiger partial charge in [0.15, 0.2) is 0 Å². The van der Waals surface area contributed by atoms with E-state index >= 15 is 0 Å². The fourth-order valence-corrected chi connectivity index (χ4v) is 3.37. The van der Waals surface area contributed by atoms with Gasteiger partial charge in [-0.05, 0) is 18.6 Å². The van der Waals surface area contributed by atoms with Crippen LogP contribution in [-0.2, 0) is 0 Å². The van der Waals surface area contributed by atoms with Crippen LogP contribution < -0.4 is 10.6 Å². The number of unbranched alkanes of at least 4 members (excludes halogenated alkanes) is 2. The van der Waals surface area contributed by atoms with Crippen molar-refractivity contribution in [1.29, 1.82) is 0 Å². The second-order valence-corrected chi connectivity index (χ2v) is 6.27. The maximum absolute atomic E-state index is 6.29. The molecule has 0 aromatic heterocycles. The molecule has 1 atom stereocenters. The van der Waals surface area contributed by atoms with Crippen LogP contribution in [0.25, 0.3) is 0 Å². The minimum absolute atomic E-state index is 0.546. The van der Waals surface area contributed by atoms with Gasteiger partial charge in [0.1, 0.15) is 0 Å². The van der Waals surface area contributed by atoms with Crippen molar-refractivity contribution < 1.29 is 0 Å². The van der Waals surface area contributed by atoms with Gasteiger partial charge in [-0.3, -0.25) is 4.90 Å². The van der Waals surface area contributed by atoms with Crippen molar-refractivity contribution in [2.75, 3.05) is 37.6 Å². The van der Waals surface area contributed by atoms with E-state index in [2.05, 4.69) is 28.9 Å². The van der Waals surface area contributed by atoms with Crippen molar-refractivity contribution >= 4 is 17.3 Å². The summed E-state index contributed by atoms with van der Waals surface area (Å²) in [6.07, 6.45) is 5.12. The maximum Gasteiger partial charge on any atom is 0.0639 e. The lowest BCUT2D eigenvalue weighted by Gasteiger charge is -2.40. The lowest BCUT2D eigenvalue weighted by Crippen LogP contribution is -2.52. The van der Waals surface area contributed by atoms with E-state index in [0.717, 1.165) is 43.4 Å². The van der Waals surface area contributed by atoms with Gasteiger partial charge in [-0.2, -0.15) is 0 Å². The molecule has 21 heavy (non-hydrogen) atoms. The highest BCUT2D eigenvalue weighted by atomic mass is 35.5. The Morgan fingerprint density at radius 2 is 1.86 bits per heavy atom. The molecular weight excluding hydrogens is 282 g/mol. The van der Waals surface area contributed by atoms with Crippen LogP contribution in [0.4, 0.5) is 5.69 Å². The first-order chi connectivity index (χ1) is 10.3. The molecule has 1 aliphatic heterocycles. The highest BCUT2D eigenvalue weighted by Crippen LogP contribution is 2.26.